The smallest absolute Gasteiger partial charge is 0.243 e. The van der Waals surface area contributed by atoms with Crippen LogP contribution in [0.15, 0.2) is 24.3 Å². The number of likely N-dealkylation sites (tertiary alicyclic amines) is 1. The zero-order chi connectivity index (χ0) is 22.5. The molecule has 0 bridgehead atoms. The summed E-state index contributed by atoms with van der Waals surface area (Å²) in [6, 6.07) is 8.88. The second-order valence-corrected chi connectivity index (χ2v) is 10.0. The number of rotatable bonds is 7. The van der Waals surface area contributed by atoms with E-state index in [0.717, 1.165) is 38.8 Å². The predicted octanol–water partition coefficient (Wildman–Crippen LogP) is 2.83. The summed E-state index contributed by atoms with van der Waals surface area (Å²) in [7, 11) is 0. The lowest BCUT2D eigenvalue weighted by atomic mass is 9.91. The quantitative estimate of drug-likeness (QED) is 0.700. The number of benzene rings is 1. The highest BCUT2D eigenvalue weighted by Gasteiger charge is 2.41. The maximum absolute atomic E-state index is 13.1. The van der Waals surface area contributed by atoms with Gasteiger partial charge in [0.2, 0.25) is 11.8 Å². The van der Waals surface area contributed by atoms with Crippen LogP contribution in [0.25, 0.3) is 0 Å². The third-order valence-corrected chi connectivity index (χ3v) is 6.73. The lowest BCUT2D eigenvalue weighted by Gasteiger charge is -2.30. The van der Waals surface area contributed by atoms with Gasteiger partial charge < -0.3 is 16.0 Å². The summed E-state index contributed by atoms with van der Waals surface area (Å²) in [6.45, 7) is 10.5. The van der Waals surface area contributed by atoms with Crippen molar-refractivity contribution >= 4 is 11.8 Å². The Kier molecular flexibility index (Phi) is 8.11. The Balaban J connectivity index is 1.69. The SMILES string of the molecule is CC(=O)N1CC(N(Cc2ccc(C)cc2)CC(C)C)CC1C(=O)NC1CCC(N)CC1. The summed E-state index contributed by atoms with van der Waals surface area (Å²) >= 11 is 0. The molecule has 1 heterocycles. The molecule has 1 aliphatic carbocycles. The van der Waals surface area contributed by atoms with Gasteiger partial charge in [0, 0.05) is 44.7 Å². The summed E-state index contributed by atoms with van der Waals surface area (Å²) < 4.78 is 0. The fourth-order valence-electron chi connectivity index (χ4n) is 4.98. The average Bonchev–Trinajstić information content (AvgIpc) is 3.16. The molecule has 172 valence electrons. The van der Waals surface area contributed by atoms with E-state index < -0.39 is 0 Å². The van der Waals surface area contributed by atoms with E-state index in [4.69, 9.17) is 5.73 Å². The maximum Gasteiger partial charge on any atom is 0.243 e. The van der Waals surface area contributed by atoms with Crippen molar-refractivity contribution in [2.75, 3.05) is 13.1 Å². The van der Waals surface area contributed by atoms with E-state index in [-0.39, 0.29) is 36.0 Å². The van der Waals surface area contributed by atoms with Crippen molar-refractivity contribution < 1.29 is 9.59 Å². The van der Waals surface area contributed by atoms with Crippen LogP contribution in [-0.4, -0.2) is 58.9 Å². The molecule has 1 saturated heterocycles. The van der Waals surface area contributed by atoms with Gasteiger partial charge in [0.05, 0.1) is 0 Å². The van der Waals surface area contributed by atoms with Gasteiger partial charge in [0.1, 0.15) is 6.04 Å². The van der Waals surface area contributed by atoms with Crippen LogP contribution in [0.3, 0.4) is 0 Å². The molecular formula is C25H40N4O2. The largest absolute Gasteiger partial charge is 0.352 e. The fourth-order valence-corrected chi connectivity index (χ4v) is 4.98. The Labute approximate surface area is 187 Å². The summed E-state index contributed by atoms with van der Waals surface area (Å²) in [6.07, 6.45) is 4.45. The molecule has 2 amide bonds. The molecule has 3 N–H and O–H groups in total. The number of hydrogen-bond donors (Lipinski definition) is 2. The molecule has 1 saturated carbocycles. The molecule has 0 aromatic heterocycles. The molecule has 6 heteroatoms. The van der Waals surface area contributed by atoms with E-state index in [9.17, 15) is 9.59 Å². The van der Waals surface area contributed by atoms with Gasteiger partial charge in [-0.1, -0.05) is 43.7 Å². The Morgan fingerprint density at radius 1 is 1.16 bits per heavy atom. The molecule has 3 rings (SSSR count). The number of nitrogens with zero attached hydrogens (tertiary/aromatic N) is 2. The standard InChI is InChI=1S/C25H40N4O2/c1-17(2)14-28(15-20-7-5-18(3)6-8-20)23-13-24(29(16-23)19(4)30)25(31)27-22-11-9-21(26)10-12-22/h5-8,17,21-24H,9-16,26H2,1-4H3,(H,27,31). The van der Waals surface area contributed by atoms with Crippen molar-refractivity contribution in [3.8, 4) is 0 Å². The minimum atomic E-state index is -0.384. The molecule has 1 aliphatic heterocycles. The first-order valence-electron chi connectivity index (χ1n) is 11.9. The van der Waals surface area contributed by atoms with E-state index in [1.807, 2.05) is 0 Å². The molecule has 1 aromatic rings. The molecule has 1 aromatic carbocycles. The first-order chi connectivity index (χ1) is 14.7. The van der Waals surface area contributed by atoms with Gasteiger partial charge in [0.15, 0.2) is 0 Å². The van der Waals surface area contributed by atoms with Crippen LogP contribution in [0.2, 0.25) is 0 Å². The van der Waals surface area contributed by atoms with Gasteiger partial charge in [-0.15, -0.1) is 0 Å². The van der Waals surface area contributed by atoms with Crippen LogP contribution < -0.4 is 11.1 Å². The third kappa shape index (κ3) is 6.53. The normalized spacial score (nSPS) is 26.5. The number of nitrogens with one attached hydrogen (secondary N) is 1. The van der Waals surface area contributed by atoms with Gasteiger partial charge in [-0.05, 0) is 50.5 Å². The summed E-state index contributed by atoms with van der Waals surface area (Å²) in [4.78, 5) is 29.8. The Hall–Kier alpha value is -1.92. The Bertz CT molecular complexity index is 740. The van der Waals surface area contributed by atoms with Crippen LogP contribution in [0.4, 0.5) is 0 Å². The van der Waals surface area contributed by atoms with E-state index in [1.165, 1.54) is 11.1 Å². The molecular weight excluding hydrogens is 388 g/mol. The highest BCUT2D eigenvalue weighted by Crippen LogP contribution is 2.26. The maximum atomic E-state index is 13.1. The Morgan fingerprint density at radius 2 is 1.81 bits per heavy atom. The van der Waals surface area contributed by atoms with Crippen molar-refractivity contribution in [1.82, 2.24) is 15.1 Å². The summed E-state index contributed by atoms with van der Waals surface area (Å²) in [5.41, 5.74) is 8.53. The minimum absolute atomic E-state index is 0.00185. The van der Waals surface area contributed by atoms with Gasteiger partial charge >= 0.3 is 0 Å². The molecule has 2 aliphatic rings. The molecule has 2 unspecified atom stereocenters. The number of carbonyl (C=O) groups is 2. The summed E-state index contributed by atoms with van der Waals surface area (Å²) in [5.74, 6) is 0.488. The lowest BCUT2D eigenvalue weighted by molar-refractivity contribution is -0.137. The summed E-state index contributed by atoms with van der Waals surface area (Å²) in [5, 5.41) is 3.22. The number of hydrogen-bond acceptors (Lipinski definition) is 4. The highest BCUT2D eigenvalue weighted by molar-refractivity contribution is 5.87. The number of carbonyl (C=O) groups excluding carboxylic acids is 2. The minimum Gasteiger partial charge on any atom is -0.352 e. The lowest BCUT2D eigenvalue weighted by Crippen LogP contribution is -2.49. The van der Waals surface area contributed by atoms with Crippen LogP contribution >= 0.6 is 0 Å². The van der Waals surface area contributed by atoms with E-state index in [0.29, 0.717) is 18.9 Å². The van der Waals surface area contributed by atoms with E-state index in [2.05, 4.69) is 55.3 Å². The third-order valence-electron chi connectivity index (χ3n) is 6.73. The van der Waals surface area contributed by atoms with Crippen molar-refractivity contribution in [3.05, 3.63) is 35.4 Å². The van der Waals surface area contributed by atoms with Gasteiger partial charge in [-0.2, -0.15) is 0 Å². The first kappa shape index (κ1) is 23.7. The number of aryl methyl sites for hydroxylation is 1. The van der Waals surface area contributed by atoms with Crippen molar-refractivity contribution in [1.29, 1.82) is 0 Å². The van der Waals surface area contributed by atoms with Crippen LogP contribution in [0.5, 0.6) is 0 Å². The zero-order valence-electron chi connectivity index (χ0n) is 19.6. The highest BCUT2D eigenvalue weighted by atomic mass is 16.2. The molecule has 0 spiro atoms. The number of amides is 2. The fraction of sp³-hybridized carbons (Fsp3) is 0.680. The van der Waals surface area contributed by atoms with E-state index >= 15 is 0 Å². The van der Waals surface area contributed by atoms with Crippen molar-refractivity contribution in [2.24, 2.45) is 11.7 Å². The topological polar surface area (TPSA) is 78.7 Å². The predicted molar refractivity (Wildman–Crippen MR) is 124 cm³/mol. The molecule has 31 heavy (non-hydrogen) atoms. The van der Waals surface area contributed by atoms with Crippen molar-refractivity contribution in [2.45, 2.75) is 90.5 Å². The monoisotopic (exact) mass is 428 g/mol. The average molecular weight is 429 g/mol. The molecule has 2 fully saturated rings. The second-order valence-electron chi connectivity index (χ2n) is 10.0. The second kappa shape index (κ2) is 10.6. The van der Waals surface area contributed by atoms with Crippen LogP contribution in [0.1, 0.15) is 64.0 Å². The van der Waals surface area contributed by atoms with Crippen molar-refractivity contribution in [3.63, 3.8) is 0 Å². The molecule has 2 atom stereocenters. The van der Waals surface area contributed by atoms with E-state index in [1.54, 1.807) is 11.8 Å². The molecule has 6 nitrogen and oxygen atoms in total. The number of nitrogens with two attached hydrogens (primary N) is 1. The van der Waals surface area contributed by atoms with Crippen LogP contribution in [-0.2, 0) is 16.1 Å². The zero-order valence-corrected chi connectivity index (χ0v) is 19.6. The van der Waals surface area contributed by atoms with Gasteiger partial charge in [0.25, 0.3) is 0 Å². The van der Waals surface area contributed by atoms with Crippen LogP contribution in [0, 0.1) is 12.8 Å². The van der Waals surface area contributed by atoms with Gasteiger partial charge in [-0.25, -0.2) is 0 Å². The first-order valence-corrected chi connectivity index (χ1v) is 11.9. The Morgan fingerprint density at radius 3 is 2.39 bits per heavy atom. The molecule has 0 radical (unpaired) electrons. The van der Waals surface area contributed by atoms with Gasteiger partial charge in [-0.3, -0.25) is 14.5 Å².